The summed E-state index contributed by atoms with van der Waals surface area (Å²) in [5.41, 5.74) is -0.303. The van der Waals surface area contributed by atoms with E-state index in [1.165, 1.54) is 19.2 Å². The Hall–Kier alpha value is -5.11. The second kappa shape index (κ2) is 11.7. The van der Waals surface area contributed by atoms with Crippen LogP contribution in [0.3, 0.4) is 0 Å². The number of aromatic amines is 2. The van der Waals surface area contributed by atoms with Gasteiger partial charge in [0.05, 0.1) is 11.0 Å². The van der Waals surface area contributed by atoms with Crippen molar-refractivity contribution in [1.82, 2.24) is 9.97 Å². The van der Waals surface area contributed by atoms with Crippen LogP contribution in [0.4, 0.5) is 5.69 Å². The Kier molecular flexibility index (Phi) is 7.84. The average Bonchev–Trinajstić information content (AvgIpc) is 3.65. The van der Waals surface area contributed by atoms with Gasteiger partial charge in [-0.25, -0.2) is 9.59 Å². The molecule has 4 atom stereocenters. The van der Waals surface area contributed by atoms with E-state index in [2.05, 4.69) is 15.3 Å². The Bertz CT molecular complexity index is 1990. The first-order valence-electron chi connectivity index (χ1n) is 14.5. The SMILES string of the molecule is CO[C@@H]1[C@@H](OC(=O)c2ccc(C)[nH]2)[C@@H](O)[C@H](Oc2ccc3c(O)c(NC(=O)c4cc5ccccc5[nH]4)c(=O)oc3c2C)OC1(C)C. The Labute approximate surface area is 262 Å². The van der Waals surface area contributed by atoms with E-state index >= 15 is 0 Å². The molecule has 13 heteroatoms. The minimum absolute atomic E-state index is 0.00645. The van der Waals surface area contributed by atoms with Crippen LogP contribution in [-0.2, 0) is 14.2 Å². The molecule has 2 aromatic carbocycles. The largest absolute Gasteiger partial charge is 0.505 e. The summed E-state index contributed by atoms with van der Waals surface area (Å²) in [6, 6.07) is 15.2. The number of benzene rings is 2. The minimum Gasteiger partial charge on any atom is -0.505 e. The summed E-state index contributed by atoms with van der Waals surface area (Å²) in [5.74, 6) is -1.67. The number of aliphatic hydroxyl groups excluding tert-OH is 1. The lowest BCUT2D eigenvalue weighted by atomic mass is 9.89. The standard InChI is InChI=1S/C33H33N3O10/c1-15-10-12-20(34-15)30(40)45-27-25(38)32(46-33(3,4)28(27)42-5)43-22-13-11-18-24(37)23(31(41)44-26(18)16(22)2)36-29(39)21-14-17-8-6-7-9-19(17)35-21/h6-14,25,27-28,32,34-35,37-38H,1-5H3,(H,36,39)/t25-,27+,28-,32-/m1/s1. The van der Waals surface area contributed by atoms with Crippen LogP contribution in [-0.4, -0.2) is 69.4 Å². The van der Waals surface area contributed by atoms with Crippen LogP contribution in [0.5, 0.6) is 11.5 Å². The summed E-state index contributed by atoms with van der Waals surface area (Å²) >= 11 is 0. The molecule has 0 saturated carbocycles. The molecular formula is C33H33N3O10. The normalized spacial score (nSPS) is 20.9. The molecule has 4 heterocycles. The number of para-hydroxylation sites is 1. The molecule has 0 radical (unpaired) electrons. The average molecular weight is 632 g/mol. The van der Waals surface area contributed by atoms with Crippen LogP contribution >= 0.6 is 0 Å². The number of nitrogens with one attached hydrogen (secondary N) is 3. The van der Waals surface area contributed by atoms with Crippen molar-refractivity contribution >= 4 is 39.4 Å². The van der Waals surface area contributed by atoms with Crippen molar-refractivity contribution in [2.24, 2.45) is 0 Å². The number of H-pyrrole nitrogens is 2. The van der Waals surface area contributed by atoms with E-state index in [4.69, 9.17) is 23.4 Å². The van der Waals surface area contributed by atoms with E-state index < -0.39 is 59.1 Å². The number of rotatable bonds is 7. The van der Waals surface area contributed by atoms with Gasteiger partial charge < -0.3 is 48.9 Å². The first-order chi connectivity index (χ1) is 21.9. The summed E-state index contributed by atoms with van der Waals surface area (Å²) in [6.07, 6.45) is -4.86. The summed E-state index contributed by atoms with van der Waals surface area (Å²) in [5, 5.41) is 25.7. The van der Waals surface area contributed by atoms with Gasteiger partial charge in [0.1, 0.15) is 28.8 Å². The second-order valence-corrected chi connectivity index (χ2v) is 11.7. The predicted octanol–water partition coefficient (Wildman–Crippen LogP) is 4.29. The number of ether oxygens (including phenoxy) is 4. The number of amides is 1. The minimum atomic E-state index is -1.49. The van der Waals surface area contributed by atoms with E-state index in [1.54, 1.807) is 45.9 Å². The first-order valence-corrected chi connectivity index (χ1v) is 14.5. The van der Waals surface area contributed by atoms with Gasteiger partial charge in [-0.2, -0.15) is 0 Å². The summed E-state index contributed by atoms with van der Waals surface area (Å²) in [6.45, 7) is 6.80. The Morgan fingerprint density at radius 3 is 2.48 bits per heavy atom. The lowest BCUT2D eigenvalue weighted by Gasteiger charge is -2.47. The molecule has 0 unspecified atom stereocenters. The zero-order valence-electron chi connectivity index (χ0n) is 25.7. The molecule has 13 nitrogen and oxygen atoms in total. The smallest absolute Gasteiger partial charge is 0.364 e. The number of aromatic hydroxyl groups is 1. The first kappa shape index (κ1) is 30.9. The summed E-state index contributed by atoms with van der Waals surface area (Å²) in [7, 11) is 1.42. The van der Waals surface area contributed by atoms with Crippen LogP contribution in [0.2, 0.25) is 0 Å². The van der Waals surface area contributed by atoms with E-state index in [0.717, 1.165) is 16.6 Å². The van der Waals surface area contributed by atoms with Crippen molar-refractivity contribution in [2.75, 3.05) is 12.4 Å². The van der Waals surface area contributed by atoms with Gasteiger partial charge in [-0.15, -0.1) is 0 Å². The zero-order chi connectivity index (χ0) is 32.9. The number of hydrogen-bond donors (Lipinski definition) is 5. The number of aryl methyl sites for hydroxylation is 2. The number of methoxy groups -OCH3 is 1. The van der Waals surface area contributed by atoms with E-state index in [-0.39, 0.29) is 28.1 Å². The molecule has 46 heavy (non-hydrogen) atoms. The molecule has 1 fully saturated rings. The number of fused-ring (bicyclic) bond motifs is 2. The van der Waals surface area contributed by atoms with Gasteiger partial charge in [-0.1, -0.05) is 18.2 Å². The number of anilines is 1. The lowest BCUT2D eigenvalue weighted by Crippen LogP contribution is -2.65. The summed E-state index contributed by atoms with van der Waals surface area (Å²) in [4.78, 5) is 44.7. The molecule has 5 aromatic rings. The fourth-order valence-electron chi connectivity index (χ4n) is 5.73. The van der Waals surface area contributed by atoms with Crippen LogP contribution in [0.25, 0.3) is 21.9 Å². The van der Waals surface area contributed by atoms with Crippen molar-refractivity contribution in [2.45, 2.75) is 57.9 Å². The number of carbonyl (C=O) groups excluding carboxylic acids is 2. The Morgan fingerprint density at radius 1 is 1.02 bits per heavy atom. The van der Waals surface area contributed by atoms with Gasteiger partial charge >= 0.3 is 11.6 Å². The lowest BCUT2D eigenvalue weighted by molar-refractivity contribution is -0.305. The maximum Gasteiger partial charge on any atom is 0.364 e. The molecule has 6 rings (SSSR count). The van der Waals surface area contributed by atoms with E-state index in [0.29, 0.717) is 5.56 Å². The number of hydrogen-bond acceptors (Lipinski definition) is 10. The highest BCUT2D eigenvalue weighted by atomic mass is 16.7. The predicted molar refractivity (Wildman–Crippen MR) is 166 cm³/mol. The highest BCUT2D eigenvalue weighted by Gasteiger charge is 2.53. The Balaban J connectivity index is 1.27. The third-order valence-corrected chi connectivity index (χ3v) is 8.07. The van der Waals surface area contributed by atoms with Crippen LogP contribution in [0, 0.1) is 13.8 Å². The number of carbonyl (C=O) groups is 2. The molecule has 0 aliphatic carbocycles. The highest BCUT2D eigenvalue weighted by Crippen LogP contribution is 2.38. The van der Waals surface area contributed by atoms with Gasteiger partial charge in [0.25, 0.3) is 5.91 Å². The quantitative estimate of drug-likeness (QED) is 0.128. The van der Waals surface area contributed by atoms with Gasteiger partial charge in [0.2, 0.25) is 6.29 Å². The van der Waals surface area contributed by atoms with Crippen LogP contribution < -0.4 is 15.7 Å². The molecule has 1 saturated heterocycles. The van der Waals surface area contributed by atoms with Gasteiger partial charge in [-0.05, 0) is 64.1 Å². The molecule has 240 valence electrons. The molecule has 0 bridgehead atoms. The maximum atomic E-state index is 13.0. The zero-order valence-corrected chi connectivity index (χ0v) is 25.7. The van der Waals surface area contributed by atoms with E-state index in [1.807, 2.05) is 24.3 Å². The molecule has 5 N–H and O–H groups in total. The molecule has 1 aliphatic rings. The second-order valence-electron chi connectivity index (χ2n) is 11.7. The maximum absolute atomic E-state index is 13.0. The summed E-state index contributed by atoms with van der Waals surface area (Å²) < 4.78 is 29.0. The molecule has 1 aliphatic heterocycles. The van der Waals surface area contributed by atoms with Crippen molar-refractivity contribution in [3.63, 3.8) is 0 Å². The van der Waals surface area contributed by atoms with Crippen molar-refractivity contribution in [3.05, 3.63) is 87.7 Å². The molecule has 0 spiro atoms. The fourth-order valence-corrected chi connectivity index (χ4v) is 5.73. The Morgan fingerprint density at radius 2 is 1.78 bits per heavy atom. The third kappa shape index (κ3) is 5.49. The van der Waals surface area contributed by atoms with Gasteiger partial charge in [0, 0.05) is 29.3 Å². The van der Waals surface area contributed by atoms with Crippen molar-refractivity contribution in [3.8, 4) is 11.5 Å². The third-order valence-electron chi connectivity index (χ3n) is 8.07. The monoisotopic (exact) mass is 631 g/mol. The topological polar surface area (TPSA) is 185 Å². The van der Waals surface area contributed by atoms with E-state index in [9.17, 15) is 24.6 Å². The van der Waals surface area contributed by atoms with Gasteiger partial charge in [-0.3, -0.25) is 4.79 Å². The van der Waals surface area contributed by atoms with Crippen molar-refractivity contribution < 1.29 is 43.2 Å². The molecule has 3 aromatic heterocycles. The molecular weight excluding hydrogens is 598 g/mol. The van der Waals surface area contributed by atoms with Crippen LogP contribution in [0.15, 0.2) is 63.8 Å². The number of esters is 1. The van der Waals surface area contributed by atoms with Gasteiger partial charge in [0.15, 0.2) is 23.6 Å². The van der Waals surface area contributed by atoms with Crippen LogP contribution in [0.1, 0.15) is 46.1 Å². The number of aromatic nitrogens is 2. The number of aliphatic hydroxyl groups is 1. The highest BCUT2D eigenvalue weighted by molar-refractivity contribution is 6.07. The van der Waals surface area contributed by atoms with Crippen molar-refractivity contribution in [1.29, 1.82) is 0 Å². The molecule has 1 amide bonds. The fraction of sp³-hybridized carbons (Fsp3) is 0.303.